The van der Waals surface area contributed by atoms with Crippen LogP contribution in [0, 0.1) is 11.8 Å². The van der Waals surface area contributed by atoms with Gasteiger partial charge in [-0.2, -0.15) is 0 Å². The Morgan fingerprint density at radius 3 is 1.46 bits per heavy atom. The van der Waals surface area contributed by atoms with Crippen LogP contribution in [0.2, 0.25) is 0 Å². The predicted octanol–water partition coefficient (Wildman–Crippen LogP) is 8.91. The molecule has 4 aromatic rings. The molecule has 1 aliphatic heterocycles. The summed E-state index contributed by atoms with van der Waals surface area (Å²) in [6.07, 6.45) is 12.6. The predicted molar refractivity (Wildman–Crippen MR) is 216 cm³/mol. The first-order valence-electron chi connectivity index (χ1n) is 19.1. The lowest BCUT2D eigenvalue weighted by atomic mass is 9.70. The zero-order valence-electron chi connectivity index (χ0n) is 31.8. The maximum absolute atomic E-state index is 14.1. The van der Waals surface area contributed by atoms with E-state index >= 15 is 0 Å². The van der Waals surface area contributed by atoms with Gasteiger partial charge in [-0.3, -0.25) is 9.59 Å². The minimum atomic E-state index is -0.815. The molecule has 0 bridgehead atoms. The summed E-state index contributed by atoms with van der Waals surface area (Å²) >= 11 is 0. The molecule has 1 aliphatic carbocycles. The van der Waals surface area contributed by atoms with Crippen molar-refractivity contribution in [3.05, 3.63) is 102 Å². The monoisotopic (exact) mass is 698 g/mol. The molecule has 0 amide bonds. The molecule has 8 nitrogen and oxygen atoms in total. The largest absolute Gasteiger partial charge is 0.378 e. The van der Waals surface area contributed by atoms with Crippen molar-refractivity contribution in [3.63, 3.8) is 0 Å². The number of hydrogen-bond acceptors (Lipinski definition) is 8. The number of anilines is 4. The summed E-state index contributed by atoms with van der Waals surface area (Å²) in [6.45, 7) is 5.94. The summed E-state index contributed by atoms with van der Waals surface area (Å²) < 4.78 is 0. The molecule has 0 saturated heterocycles. The van der Waals surface area contributed by atoms with Crippen LogP contribution in [0.1, 0.15) is 76.3 Å². The summed E-state index contributed by atoms with van der Waals surface area (Å²) in [7, 11) is 8.06. The number of benzene rings is 3. The molecule has 52 heavy (non-hydrogen) atoms. The van der Waals surface area contributed by atoms with Gasteiger partial charge in [-0.25, -0.2) is 9.97 Å². The van der Waals surface area contributed by atoms with E-state index in [4.69, 9.17) is 9.97 Å². The van der Waals surface area contributed by atoms with Gasteiger partial charge in [0.05, 0.1) is 17.0 Å². The fraction of sp³-hybridized carbons (Fsp3) is 0.409. The molecule has 1 aromatic heterocycles. The number of unbranched alkanes of at least 4 members (excludes halogenated alkanes) is 6. The average Bonchev–Trinajstić information content (AvgIpc) is 3.43. The van der Waals surface area contributed by atoms with Gasteiger partial charge in [0.1, 0.15) is 11.7 Å². The van der Waals surface area contributed by atoms with Crippen LogP contribution in [0.15, 0.2) is 90.8 Å². The highest BCUT2D eigenvalue weighted by molar-refractivity contribution is 6.27. The van der Waals surface area contributed by atoms with Crippen LogP contribution >= 0.6 is 0 Å². The minimum Gasteiger partial charge on any atom is -0.378 e. The highest BCUT2D eigenvalue weighted by Crippen LogP contribution is 2.43. The van der Waals surface area contributed by atoms with E-state index in [0.717, 1.165) is 121 Å². The molecule has 1 fully saturated rings. The van der Waals surface area contributed by atoms with Crippen molar-refractivity contribution in [2.45, 2.75) is 65.2 Å². The number of ketones is 2. The van der Waals surface area contributed by atoms with Crippen LogP contribution in [0.25, 0.3) is 16.6 Å². The van der Waals surface area contributed by atoms with E-state index in [-0.39, 0.29) is 11.6 Å². The zero-order chi connectivity index (χ0) is 36.8. The van der Waals surface area contributed by atoms with Gasteiger partial charge in [0.25, 0.3) is 0 Å². The van der Waals surface area contributed by atoms with E-state index in [9.17, 15) is 9.59 Å². The SMILES string of the molecule is CCCCCCN1C(=CC2C(=O)C(C=C(c3ccc(N(C)C)cc3)c3ccc(N(C)C)cc3)C2=O)N(CCCCCC)c2nc3ccccc3nc21. The molecule has 8 heteroatoms. The second-order valence-electron chi connectivity index (χ2n) is 14.5. The molecule has 2 heterocycles. The quantitative estimate of drug-likeness (QED) is 0.0849. The van der Waals surface area contributed by atoms with Gasteiger partial charge < -0.3 is 19.6 Å². The van der Waals surface area contributed by atoms with E-state index in [1.807, 2.05) is 64.6 Å². The number of rotatable bonds is 16. The molecule has 0 spiro atoms. The molecule has 3 aromatic carbocycles. The van der Waals surface area contributed by atoms with E-state index in [1.165, 1.54) is 0 Å². The van der Waals surface area contributed by atoms with Crippen molar-refractivity contribution in [3.8, 4) is 0 Å². The molecule has 6 rings (SSSR count). The average molecular weight is 699 g/mol. The molecule has 272 valence electrons. The van der Waals surface area contributed by atoms with Gasteiger partial charge in [0, 0.05) is 52.7 Å². The highest BCUT2D eigenvalue weighted by atomic mass is 16.2. The second-order valence-corrected chi connectivity index (χ2v) is 14.5. The Morgan fingerprint density at radius 1 is 0.615 bits per heavy atom. The van der Waals surface area contributed by atoms with Gasteiger partial charge in [0.2, 0.25) is 0 Å². The molecule has 1 saturated carbocycles. The number of aromatic nitrogens is 2. The molecule has 0 unspecified atom stereocenters. The van der Waals surface area contributed by atoms with Crippen molar-refractivity contribution >= 4 is 51.2 Å². The molecular formula is C44H54N6O2. The van der Waals surface area contributed by atoms with E-state index in [1.54, 1.807) is 0 Å². The third-order valence-electron chi connectivity index (χ3n) is 10.3. The number of nitrogens with zero attached hydrogens (tertiary/aromatic N) is 6. The molecular weight excluding hydrogens is 645 g/mol. The Labute approximate surface area is 309 Å². The number of allylic oxidation sites excluding steroid dienone is 2. The summed E-state index contributed by atoms with van der Waals surface area (Å²) in [5, 5.41) is 0. The summed E-state index contributed by atoms with van der Waals surface area (Å²) in [5.74, 6) is 0.746. The van der Waals surface area contributed by atoms with E-state index < -0.39 is 11.8 Å². The highest BCUT2D eigenvalue weighted by Gasteiger charge is 2.48. The van der Waals surface area contributed by atoms with Crippen molar-refractivity contribution in [2.24, 2.45) is 11.8 Å². The van der Waals surface area contributed by atoms with Crippen LogP contribution in [0.5, 0.6) is 0 Å². The Hall–Kier alpha value is -4.98. The minimum absolute atomic E-state index is 0.0660. The molecule has 0 atom stereocenters. The first-order valence-corrected chi connectivity index (χ1v) is 19.1. The van der Waals surface area contributed by atoms with Crippen molar-refractivity contribution in [1.29, 1.82) is 0 Å². The summed E-state index contributed by atoms with van der Waals surface area (Å²) in [4.78, 5) is 47.1. The van der Waals surface area contributed by atoms with Crippen molar-refractivity contribution in [2.75, 3.05) is 60.9 Å². The van der Waals surface area contributed by atoms with E-state index in [0.29, 0.717) is 0 Å². The Bertz CT molecular complexity index is 1800. The lowest BCUT2D eigenvalue weighted by Crippen LogP contribution is -2.47. The normalized spacial score (nSPS) is 16.6. The van der Waals surface area contributed by atoms with Crippen LogP contribution < -0.4 is 19.6 Å². The number of Topliss-reactive ketones (excluding diaryl/α,β-unsaturated/α-hetero) is 2. The van der Waals surface area contributed by atoms with Crippen LogP contribution in [0.4, 0.5) is 23.0 Å². The zero-order valence-corrected chi connectivity index (χ0v) is 31.8. The van der Waals surface area contributed by atoms with Crippen LogP contribution in [-0.2, 0) is 9.59 Å². The second kappa shape index (κ2) is 16.6. The van der Waals surface area contributed by atoms with Gasteiger partial charge in [-0.05, 0) is 72.0 Å². The van der Waals surface area contributed by atoms with Crippen molar-refractivity contribution in [1.82, 2.24) is 9.97 Å². The molecule has 0 radical (unpaired) electrons. The van der Waals surface area contributed by atoms with Crippen LogP contribution in [0.3, 0.4) is 0 Å². The maximum Gasteiger partial charge on any atom is 0.178 e. The Morgan fingerprint density at radius 2 is 1.06 bits per heavy atom. The van der Waals surface area contributed by atoms with Gasteiger partial charge >= 0.3 is 0 Å². The lowest BCUT2D eigenvalue weighted by molar-refractivity contribution is -0.145. The number of fused-ring (bicyclic) bond motifs is 2. The molecule has 2 aliphatic rings. The fourth-order valence-corrected chi connectivity index (χ4v) is 7.17. The summed E-state index contributed by atoms with van der Waals surface area (Å²) in [6, 6.07) is 24.5. The first kappa shape index (κ1) is 36.8. The topological polar surface area (TPSA) is 72.9 Å². The number of hydrogen-bond donors (Lipinski definition) is 0. The van der Waals surface area contributed by atoms with Gasteiger partial charge in [-0.15, -0.1) is 0 Å². The van der Waals surface area contributed by atoms with Gasteiger partial charge in [-0.1, -0.05) is 94.8 Å². The van der Waals surface area contributed by atoms with E-state index in [2.05, 4.69) is 82.0 Å². The third kappa shape index (κ3) is 7.76. The van der Waals surface area contributed by atoms with Crippen molar-refractivity contribution < 1.29 is 9.59 Å². The first-order chi connectivity index (χ1) is 25.2. The standard InChI is InChI=1S/C44H54N6O2/c1-7-9-11-15-27-49-40(50(28-16-12-10-8-2)44-43(49)45-38-17-13-14-18-39(38)46-44)30-37-41(51)36(42(37)52)29-35(31-19-23-33(24-20-31)47(3)4)32-21-25-34(26-22-32)48(5)6/h13-14,17-26,29-30,36-37H,7-12,15-16,27-28H2,1-6H3. The summed E-state index contributed by atoms with van der Waals surface area (Å²) in [5.41, 5.74) is 6.69. The van der Waals surface area contributed by atoms with Gasteiger partial charge in [0.15, 0.2) is 23.2 Å². The Kier molecular flexibility index (Phi) is 11.7. The number of para-hydroxylation sites is 2. The van der Waals surface area contributed by atoms with Crippen LogP contribution in [-0.4, -0.2) is 62.8 Å². The smallest absolute Gasteiger partial charge is 0.178 e. The Balaban J connectivity index is 1.36. The third-order valence-corrected chi connectivity index (χ3v) is 10.3. The number of carbonyl (C=O) groups excluding carboxylic acids is 2. The molecule has 0 N–H and O–H groups in total. The maximum atomic E-state index is 14.1. The lowest BCUT2D eigenvalue weighted by Gasteiger charge is -2.32. The fourth-order valence-electron chi connectivity index (χ4n) is 7.17. The number of carbonyl (C=O) groups is 2.